The summed E-state index contributed by atoms with van der Waals surface area (Å²) < 4.78 is 1.79. The molecule has 0 saturated carbocycles. The van der Waals surface area contributed by atoms with Crippen LogP contribution in [0, 0.1) is 13.8 Å². The van der Waals surface area contributed by atoms with Gasteiger partial charge in [-0.1, -0.05) is 11.6 Å². The maximum atomic E-state index is 12.5. The molecule has 0 bridgehead atoms. The number of carboxylic acid groups (broad SMARTS) is 1. The van der Waals surface area contributed by atoms with Gasteiger partial charge in [0, 0.05) is 23.6 Å². The van der Waals surface area contributed by atoms with E-state index in [-0.39, 0.29) is 22.7 Å². The Bertz CT molecular complexity index is 1100. The first-order valence-electron chi connectivity index (χ1n) is 8.76. The Hall–Kier alpha value is -3.39. The van der Waals surface area contributed by atoms with Crippen LogP contribution < -0.4 is 5.32 Å². The number of hydrogen-bond donors (Lipinski definition) is 2. The van der Waals surface area contributed by atoms with Crippen molar-refractivity contribution >= 4 is 41.5 Å². The average molecular weight is 416 g/mol. The molecule has 1 aliphatic rings. The molecule has 1 fully saturated rings. The van der Waals surface area contributed by atoms with Gasteiger partial charge in [-0.3, -0.25) is 19.8 Å². The van der Waals surface area contributed by atoms with E-state index in [0.717, 1.165) is 10.6 Å². The number of carbonyl (C=O) groups excluding carboxylic acids is 3. The Balaban J connectivity index is 2.09. The summed E-state index contributed by atoms with van der Waals surface area (Å²) in [7, 11) is 0. The van der Waals surface area contributed by atoms with Crippen LogP contribution in [0.25, 0.3) is 11.8 Å². The molecule has 4 amide bonds. The Morgan fingerprint density at radius 1 is 1.21 bits per heavy atom. The van der Waals surface area contributed by atoms with Crippen LogP contribution in [0.5, 0.6) is 0 Å². The number of aryl methyl sites for hydroxylation is 1. The zero-order chi connectivity index (χ0) is 21.5. The SMILES string of the molecule is CCN1C(=O)NC(=O)/C(=C\c2cc(C)n(-c3ccc(Cl)c(C(=O)O)c3)c2C)C1=O. The highest BCUT2D eigenvalue weighted by Gasteiger charge is 2.34. The van der Waals surface area contributed by atoms with Crippen LogP contribution in [0.15, 0.2) is 29.8 Å². The summed E-state index contributed by atoms with van der Waals surface area (Å²) in [6, 6.07) is 5.66. The molecule has 3 rings (SSSR count). The predicted octanol–water partition coefficient (Wildman–Crippen LogP) is 2.93. The number of carbonyl (C=O) groups is 4. The highest BCUT2D eigenvalue weighted by molar-refractivity contribution is 6.33. The second kappa shape index (κ2) is 7.56. The fourth-order valence-electron chi connectivity index (χ4n) is 3.28. The third-order valence-electron chi connectivity index (χ3n) is 4.71. The molecule has 2 heterocycles. The van der Waals surface area contributed by atoms with Gasteiger partial charge in [0.2, 0.25) is 0 Å². The van der Waals surface area contributed by atoms with Gasteiger partial charge in [0.25, 0.3) is 11.8 Å². The van der Waals surface area contributed by atoms with Crippen molar-refractivity contribution in [2.45, 2.75) is 20.8 Å². The van der Waals surface area contributed by atoms with E-state index in [1.165, 1.54) is 18.2 Å². The minimum Gasteiger partial charge on any atom is -0.478 e. The van der Waals surface area contributed by atoms with E-state index in [2.05, 4.69) is 5.32 Å². The minimum atomic E-state index is -1.14. The highest BCUT2D eigenvalue weighted by Crippen LogP contribution is 2.27. The number of aromatic carboxylic acids is 1. The van der Waals surface area contributed by atoms with Gasteiger partial charge in [-0.05, 0) is 56.7 Å². The van der Waals surface area contributed by atoms with Crippen LogP contribution in [0.4, 0.5) is 4.79 Å². The number of nitrogens with zero attached hydrogens (tertiary/aromatic N) is 2. The molecule has 1 saturated heterocycles. The summed E-state index contributed by atoms with van der Waals surface area (Å²) in [4.78, 5) is 48.8. The van der Waals surface area contributed by atoms with Gasteiger partial charge >= 0.3 is 12.0 Å². The summed E-state index contributed by atoms with van der Waals surface area (Å²) in [6.07, 6.45) is 1.43. The third kappa shape index (κ3) is 3.54. The first kappa shape index (κ1) is 20.3. The number of amides is 4. The number of imide groups is 2. The van der Waals surface area contributed by atoms with Crippen LogP contribution in [0.3, 0.4) is 0 Å². The Morgan fingerprint density at radius 3 is 2.52 bits per heavy atom. The predicted molar refractivity (Wildman–Crippen MR) is 106 cm³/mol. The number of carboxylic acids is 1. The Kier molecular flexibility index (Phi) is 5.30. The fourth-order valence-corrected chi connectivity index (χ4v) is 3.48. The molecule has 2 aromatic rings. The second-order valence-corrected chi connectivity index (χ2v) is 6.91. The van der Waals surface area contributed by atoms with Crippen molar-refractivity contribution in [1.29, 1.82) is 0 Å². The lowest BCUT2D eigenvalue weighted by Gasteiger charge is -2.24. The second-order valence-electron chi connectivity index (χ2n) is 6.50. The van der Waals surface area contributed by atoms with Gasteiger partial charge in [-0.15, -0.1) is 0 Å². The number of rotatable bonds is 4. The van der Waals surface area contributed by atoms with Crippen LogP contribution in [0.1, 0.15) is 34.2 Å². The lowest BCUT2D eigenvalue weighted by molar-refractivity contribution is -0.129. The molecule has 0 unspecified atom stereocenters. The first-order valence-corrected chi connectivity index (χ1v) is 9.14. The normalized spacial score (nSPS) is 15.8. The zero-order valence-electron chi connectivity index (χ0n) is 15.9. The number of barbiturate groups is 1. The molecule has 2 N–H and O–H groups in total. The van der Waals surface area contributed by atoms with E-state index < -0.39 is 23.8 Å². The van der Waals surface area contributed by atoms with Gasteiger partial charge in [-0.2, -0.15) is 0 Å². The molecule has 29 heavy (non-hydrogen) atoms. The molecule has 9 heteroatoms. The van der Waals surface area contributed by atoms with E-state index in [0.29, 0.717) is 16.9 Å². The summed E-state index contributed by atoms with van der Waals surface area (Å²) in [5.41, 5.74) is 2.45. The third-order valence-corrected chi connectivity index (χ3v) is 5.04. The lowest BCUT2D eigenvalue weighted by atomic mass is 10.1. The highest BCUT2D eigenvalue weighted by atomic mass is 35.5. The summed E-state index contributed by atoms with van der Waals surface area (Å²) in [6.45, 7) is 5.37. The molecule has 1 aromatic carbocycles. The van der Waals surface area contributed by atoms with Crippen molar-refractivity contribution in [3.63, 3.8) is 0 Å². The van der Waals surface area contributed by atoms with Gasteiger partial charge in [0.05, 0.1) is 10.6 Å². The smallest absolute Gasteiger partial charge is 0.337 e. The van der Waals surface area contributed by atoms with Crippen LogP contribution >= 0.6 is 11.6 Å². The molecule has 0 radical (unpaired) electrons. The van der Waals surface area contributed by atoms with Gasteiger partial charge < -0.3 is 9.67 Å². The van der Waals surface area contributed by atoms with Gasteiger partial charge in [-0.25, -0.2) is 9.59 Å². The maximum Gasteiger partial charge on any atom is 0.337 e. The van der Waals surface area contributed by atoms with E-state index in [4.69, 9.17) is 11.6 Å². The van der Waals surface area contributed by atoms with Crippen LogP contribution in [-0.2, 0) is 9.59 Å². The van der Waals surface area contributed by atoms with Crippen molar-refractivity contribution in [3.05, 3.63) is 57.4 Å². The molecule has 150 valence electrons. The number of halogens is 1. The Labute approximate surface area is 171 Å². The number of nitrogens with one attached hydrogen (secondary N) is 1. The quantitative estimate of drug-likeness (QED) is 0.589. The number of benzene rings is 1. The topological polar surface area (TPSA) is 109 Å². The number of aromatic nitrogens is 1. The van der Waals surface area contributed by atoms with Gasteiger partial charge in [0.1, 0.15) is 5.57 Å². The van der Waals surface area contributed by atoms with Crippen molar-refractivity contribution in [2.75, 3.05) is 6.54 Å². The molecule has 0 aliphatic carbocycles. The molecule has 8 nitrogen and oxygen atoms in total. The van der Waals surface area contributed by atoms with E-state index in [1.807, 2.05) is 6.92 Å². The average Bonchev–Trinajstić information content (AvgIpc) is 2.92. The summed E-state index contributed by atoms with van der Waals surface area (Å²) in [5, 5.41) is 11.6. The lowest BCUT2D eigenvalue weighted by Crippen LogP contribution is -2.53. The standard InChI is InChI=1S/C20H18ClN3O5/c1-4-23-18(26)15(17(25)22-20(23)29)8-12-7-10(2)24(11(12)3)13-5-6-16(21)14(9-13)19(27)28/h5-9H,4H2,1-3H3,(H,27,28)(H,22,25,29)/b15-8+. The first-order chi connectivity index (χ1) is 13.6. The van der Waals surface area contributed by atoms with Crippen molar-refractivity contribution < 1.29 is 24.3 Å². The monoisotopic (exact) mass is 415 g/mol. The largest absolute Gasteiger partial charge is 0.478 e. The van der Waals surface area contributed by atoms with Crippen molar-refractivity contribution in [2.24, 2.45) is 0 Å². The minimum absolute atomic E-state index is 0.0319. The molecule has 1 aliphatic heterocycles. The van der Waals surface area contributed by atoms with Crippen LogP contribution in [0.2, 0.25) is 5.02 Å². The van der Waals surface area contributed by atoms with Crippen molar-refractivity contribution in [1.82, 2.24) is 14.8 Å². The molecular formula is C20H18ClN3O5. The van der Waals surface area contributed by atoms with E-state index in [9.17, 15) is 24.3 Å². The van der Waals surface area contributed by atoms with E-state index >= 15 is 0 Å². The van der Waals surface area contributed by atoms with Gasteiger partial charge in [0.15, 0.2) is 0 Å². The van der Waals surface area contributed by atoms with E-state index in [1.54, 1.807) is 30.5 Å². The fraction of sp³-hybridized carbons (Fsp3) is 0.200. The van der Waals surface area contributed by atoms with Crippen molar-refractivity contribution in [3.8, 4) is 5.69 Å². The maximum absolute atomic E-state index is 12.5. The van der Waals surface area contributed by atoms with Crippen LogP contribution in [-0.4, -0.2) is 44.9 Å². The molecular weight excluding hydrogens is 398 g/mol. The zero-order valence-corrected chi connectivity index (χ0v) is 16.7. The molecule has 0 atom stereocenters. The molecule has 1 aromatic heterocycles. The summed E-state index contributed by atoms with van der Waals surface area (Å²) >= 11 is 5.95. The number of urea groups is 1. The Morgan fingerprint density at radius 2 is 1.90 bits per heavy atom. The number of likely N-dealkylation sites (N-methyl/N-ethyl adjacent to an activating group) is 1. The summed E-state index contributed by atoms with van der Waals surface area (Å²) in [5.74, 6) is -2.56. The number of hydrogen-bond acceptors (Lipinski definition) is 4. The molecule has 0 spiro atoms.